The van der Waals surface area contributed by atoms with Crippen LogP contribution in [0.5, 0.6) is 0 Å². The van der Waals surface area contributed by atoms with E-state index < -0.39 is 0 Å². The van der Waals surface area contributed by atoms with Crippen molar-refractivity contribution in [3.8, 4) is 0 Å². The minimum atomic E-state index is 0.214. The van der Waals surface area contributed by atoms with E-state index in [-0.39, 0.29) is 5.25 Å². The van der Waals surface area contributed by atoms with Gasteiger partial charge in [-0.25, -0.2) is 9.97 Å². The molecular formula is C7H10N2S2. The highest BCUT2D eigenvalue weighted by Gasteiger charge is 2.00. The summed E-state index contributed by atoms with van der Waals surface area (Å²) in [5, 5.41) is 1.02. The molecule has 0 spiro atoms. The maximum Gasteiger partial charge on any atom is 0.187 e. The van der Waals surface area contributed by atoms with Gasteiger partial charge < -0.3 is 0 Å². The van der Waals surface area contributed by atoms with Crippen LogP contribution in [-0.2, 0) is 0 Å². The number of hydrogen-bond donors (Lipinski definition) is 1. The van der Waals surface area contributed by atoms with Crippen LogP contribution in [0.25, 0.3) is 0 Å². The predicted molar refractivity (Wildman–Crippen MR) is 51.2 cm³/mol. The number of rotatable bonds is 2. The van der Waals surface area contributed by atoms with Crippen LogP contribution in [-0.4, -0.2) is 16.2 Å². The van der Waals surface area contributed by atoms with E-state index in [1.54, 1.807) is 11.8 Å². The predicted octanol–water partition coefficient (Wildman–Crippen LogP) is 2.19. The van der Waals surface area contributed by atoms with Crippen molar-refractivity contribution in [3.05, 3.63) is 18.0 Å². The van der Waals surface area contributed by atoms with Gasteiger partial charge in [0.25, 0.3) is 0 Å². The zero-order chi connectivity index (χ0) is 8.27. The normalized spacial score (nSPS) is 13.0. The van der Waals surface area contributed by atoms with Crippen molar-refractivity contribution in [2.75, 3.05) is 6.26 Å². The van der Waals surface area contributed by atoms with Gasteiger partial charge in [-0.1, -0.05) is 11.8 Å². The van der Waals surface area contributed by atoms with E-state index in [1.165, 1.54) is 0 Å². The highest BCUT2D eigenvalue weighted by atomic mass is 32.2. The Labute approximate surface area is 76.2 Å². The first-order valence-electron chi connectivity index (χ1n) is 3.28. The maximum atomic E-state index is 4.26. The number of thiol groups is 1. The first-order chi connectivity index (χ1) is 5.24. The largest absolute Gasteiger partial charge is 0.231 e. The van der Waals surface area contributed by atoms with Crippen LogP contribution in [0.1, 0.15) is 17.7 Å². The molecule has 0 radical (unpaired) electrons. The first kappa shape index (κ1) is 8.87. The Morgan fingerprint density at radius 3 is 2.36 bits per heavy atom. The van der Waals surface area contributed by atoms with E-state index >= 15 is 0 Å². The molecule has 0 N–H and O–H groups in total. The van der Waals surface area contributed by atoms with Crippen LogP contribution < -0.4 is 0 Å². The van der Waals surface area contributed by atoms with Crippen LogP contribution in [0.15, 0.2) is 17.6 Å². The van der Waals surface area contributed by atoms with Gasteiger partial charge in [-0.05, 0) is 13.2 Å². The summed E-state index contributed by atoms with van der Waals surface area (Å²) in [6, 6.07) is 0. The molecule has 4 heteroatoms. The minimum absolute atomic E-state index is 0.214. The first-order valence-corrected chi connectivity index (χ1v) is 5.02. The number of aromatic nitrogens is 2. The fourth-order valence-corrected chi connectivity index (χ4v) is 1.10. The molecule has 0 amide bonds. The highest BCUT2D eigenvalue weighted by molar-refractivity contribution is 7.98. The van der Waals surface area contributed by atoms with Crippen LogP contribution in [0.3, 0.4) is 0 Å². The summed E-state index contributed by atoms with van der Waals surface area (Å²) in [5.74, 6) is 0. The Morgan fingerprint density at radius 2 is 2.00 bits per heavy atom. The summed E-state index contributed by atoms with van der Waals surface area (Å²) < 4.78 is 0. The lowest BCUT2D eigenvalue weighted by Gasteiger charge is -2.02. The number of hydrogen-bond acceptors (Lipinski definition) is 4. The van der Waals surface area contributed by atoms with Gasteiger partial charge in [0.15, 0.2) is 5.16 Å². The number of nitrogens with zero attached hydrogens (tertiary/aromatic N) is 2. The molecule has 1 unspecified atom stereocenters. The maximum absolute atomic E-state index is 4.26. The minimum Gasteiger partial charge on any atom is -0.231 e. The summed E-state index contributed by atoms with van der Waals surface area (Å²) in [7, 11) is 0. The molecule has 1 aromatic rings. The van der Waals surface area contributed by atoms with Crippen LogP contribution >= 0.6 is 24.4 Å². The summed E-state index contributed by atoms with van der Waals surface area (Å²) in [5.41, 5.74) is 1.06. The summed E-state index contributed by atoms with van der Waals surface area (Å²) in [6.07, 6.45) is 5.59. The quantitative estimate of drug-likeness (QED) is 0.435. The molecule has 0 aliphatic heterocycles. The van der Waals surface area contributed by atoms with Crippen molar-refractivity contribution in [1.29, 1.82) is 0 Å². The lowest BCUT2D eigenvalue weighted by molar-refractivity contribution is 0.922. The van der Waals surface area contributed by atoms with Gasteiger partial charge >= 0.3 is 0 Å². The molecule has 0 aromatic carbocycles. The average Bonchev–Trinajstić information content (AvgIpc) is 2.05. The summed E-state index contributed by atoms with van der Waals surface area (Å²) in [4.78, 5) is 8.24. The van der Waals surface area contributed by atoms with E-state index in [2.05, 4.69) is 22.6 Å². The molecule has 1 rings (SSSR count). The molecule has 0 fully saturated rings. The molecule has 0 saturated carbocycles. The van der Waals surface area contributed by atoms with E-state index in [9.17, 15) is 0 Å². The van der Waals surface area contributed by atoms with Gasteiger partial charge in [-0.15, -0.1) is 0 Å². The standard InChI is InChI=1S/C7H10N2S2/c1-5(10)6-3-8-7(11-2)9-4-6/h3-5,10H,1-2H3. The molecule has 0 saturated heterocycles. The molecular weight excluding hydrogens is 176 g/mol. The Bertz CT molecular complexity index is 220. The third-order valence-corrected chi connectivity index (χ3v) is 2.19. The third kappa shape index (κ3) is 2.38. The molecule has 2 nitrogen and oxygen atoms in total. The molecule has 1 aromatic heterocycles. The van der Waals surface area contributed by atoms with Gasteiger partial charge in [-0.2, -0.15) is 12.6 Å². The molecule has 0 bridgehead atoms. The van der Waals surface area contributed by atoms with Crippen molar-refractivity contribution >= 4 is 24.4 Å². The Balaban J connectivity index is 2.83. The Morgan fingerprint density at radius 1 is 1.45 bits per heavy atom. The van der Waals surface area contributed by atoms with Gasteiger partial charge in [0.2, 0.25) is 0 Å². The van der Waals surface area contributed by atoms with E-state index in [0.29, 0.717) is 0 Å². The summed E-state index contributed by atoms with van der Waals surface area (Å²) >= 11 is 5.81. The molecule has 1 atom stereocenters. The third-order valence-electron chi connectivity index (χ3n) is 1.31. The Hall–Kier alpha value is -0.220. The second-order valence-corrected chi connectivity index (χ2v) is 3.73. The van der Waals surface area contributed by atoms with E-state index in [1.807, 2.05) is 25.6 Å². The second kappa shape index (κ2) is 3.97. The van der Waals surface area contributed by atoms with Crippen molar-refractivity contribution in [1.82, 2.24) is 9.97 Å². The molecule has 11 heavy (non-hydrogen) atoms. The summed E-state index contributed by atoms with van der Waals surface area (Å²) in [6.45, 7) is 2.00. The molecule has 0 aliphatic carbocycles. The smallest absolute Gasteiger partial charge is 0.187 e. The van der Waals surface area contributed by atoms with Crippen LogP contribution in [0.4, 0.5) is 0 Å². The highest BCUT2D eigenvalue weighted by Crippen LogP contribution is 2.17. The monoisotopic (exact) mass is 186 g/mol. The van der Waals surface area contributed by atoms with Crippen molar-refractivity contribution in [2.45, 2.75) is 17.3 Å². The zero-order valence-corrected chi connectivity index (χ0v) is 8.19. The zero-order valence-electron chi connectivity index (χ0n) is 6.48. The van der Waals surface area contributed by atoms with Gasteiger partial charge in [-0.3, -0.25) is 0 Å². The number of thioether (sulfide) groups is 1. The van der Waals surface area contributed by atoms with Crippen molar-refractivity contribution in [2.24, 2.45) is 0 Å². The SMILES string of the molecule is CSc1ncc(C(C)S)cn1. The van der Waals surface area contributed by atoms with Gasteiger partial charge in [0, 0.05) is 23.2 Å². The van der Waals surface area contributed by atoms with Crippen LogP contribution in [0.2, 0.25) is 0 Å². The molecule has 0 aliphatic rings. The molecule has 60 valence electrons. The van der Waals surface area contributed by atoms with Crippen molar-refractivity contribution < 1.29 is 0 Å². The van der Waals surface area contributed by atoms with E-state index in [4.69, 9.17) is 0 Å². The van der Waals surface area contributed by atoms with Gasteiger partial charge in [0.1, 0.15) is 0 Å². The average molecular weight is 186 g/mol. The Kier molecular flexibility index (Phi) is 3.20. The van der Waals surface area contributed by atoms with Gasteiger partial charge in [0.05, 0.1) is 0 Å². The lowest BCUT2D eigenvalue weighted by atomic mass is 10.3. The second-order valence-electron chi connectivity index (χ2n) is 2.18. The lowest BCUT2D eigenvalue weighted by Crippen LogP contribution is -1.90. The van der Waals surface area contributed by atoms with Crippen LogP contribution in [0, 0.1) is 0 Å². The van der Waals surface area contributed by atoms with E-state index in [0.717, 1.165) is 10.7 Å². The van der Waals surface area contributed by atoms with Crippen molar-refractivity contribution in [3.63, 3.8) is 0 Å². The molecule has 1 heterocycles. The fourth-order valence-electron chi connectivity index (χ4n) is 0.647. The fraction of sp³-hybridized carbons (Fsp3) is 0.429. The topological polar surface area (TPSA) is 25.8 Å².